The van der Waals surface area contributed by atoms with E-state index in [0.717, 1.165) is 11.2 Å². The molecule has 0 bridgehead atoms. The lowest BCUT2D eigenvalue weighted by molar-refractivity contribution is 0.451. The summed E-state index contributed by atoms with van der Waals surface area (Å²) in [5.74, 6) is 0.657. The van der Waals surface area contributed by atoms with E-state index >= 15 is 0 Å². The number of hydrogen-bond acceptors (Lipinski definition) is 4. The number of pyridine rings is 1. The summed E-state index contributed by atoms with van der Waals surface area (Å²) in [6, 6.07) is 8.08. The van der Waals surface area contributed by atoms with Crippen LogP contribution in [0.2, 0.25) is 0 Å². The Balaban J connectivity index is 2.28. The zero-order chi connectivity index (χ0) is 12.7. The van der Waals surface area contributed by atoms with E-state index in [1.165, 1.54) is 6.07 Å². The van der Waals surface area contributed by atoms with Crippen LogP contribution >= 0.6 is 0 Å². The lowest BCUT2D eigenvalue weighted by Crippen LogP contribution is -1.93. The Kier molecular flexibility index (Phi) is 2.19. The van der Waals surface area contributed by atoms with Crippen LogP contribution in [0.15, 0.2) is 36.5 Å². The Labute approximate surface area is 103 Å². The number of aromatic nitrogens is 3. The third-order valence-corrected chi connectivity index (χ3v) is 2.79. The molecule has 2 N–H and O–H groups in total. The Morgan fingerprint density at radius 2 is 1.83 bits per heavy atom. The van der Waals surface area contributed by atoms with Gasteiger partial charge in [0, 0.05) is 24.9 Å². The second-order valence-electron chi connectivity index (χ2n) is 4.08. The number of aryl methyl sites for hydroxylation is 1. The SMILES string of the molecule is Cn1c(-c2cc(O)cc(O)c2)nc2cccnc21. The topological polar surface area (TPSA) is 71.2 Å². The van der Waals surface area contributed by atoms with Crippen molar-refractivity contribution in [3.63, 3.8) is 0 Å². The number of phenols is 2. The third kappa shape index (κ3) is 1.57. The largest absolute Gasteiger partial charge is 0.508 e. The van der Waals surface area contributed by atoms with Crippen molar-refractivity contribution in [2.75, 3.05) is 0 Å². The fourth-order valence-electron chi connectivity index (χ4n) is 2.01. The van der Waals surface area contributed by atoms with E-state index in [4.69, 9.17) is 0 Å². The molecule has 5 nitrogen and oxygen atoms in total. The molecule has 0 radical (unpaired) electrons. The average molecular weight is 241 g/mol. The summed E-state index contributed by atoms with van der Waals surface area (Å²) in [5, 5.41) is 19.0. The molecule has 0 spiro atoms. The van der Waals surface area contributed by atoms with Gasteiger partial charge < -0.3 is 14.8 Å². The first-order valence-corrected chi connectivity index (χ1v) is 5.46. The summed E-state index contributed by atoms with van der Waals surface area (Å²) in [6.07, 6.45) is 1.70. The van der Waals surface area contributed by atoms with E-state index in [2.05, 4.69) is 9.97 Å². The van der Waals surface area contributed by atoms with Gasteiger partial charge in [-0.25, -0.2) is 9.97 Å². The molecule has 90 valence electrons. The van der Waals surface area contributed by atoms with Gasteiger partial charge in [-0.15, -0.1) is 0 Å². The van der Waals surface area contributed by atoms with Gasteiger partial charge in [-0.1, -0.05) is 0 Å². The molecule has 0 saturated carbocycles. The van der Waals surface area contributed by atoms with E-state index in [1.807, 2.05) is 23.7 Å². The van der Waals surface area contributed by atoms with Crippen LogP contribution in [-0.4, -0.2) is 24.7 Å². The highest BCUT2D eigenvalue weighted by Gasteiger charge is 2.11. The molecular weight excluding hydrogens is 230 g/mol. The number of imidazole rings is 1. The molecular formula is C13H11N3O2. The monoisotopic (exact) mass is 241 g/mol. The van der Waals surface area contributed by atoms with Crippen LogP contribution in [0.4, 0.5) is 0 Å². The Bertz CT molecular complexity index is 714. The van der Waals surface area contributed by atoms with Crippen molar-refractivity contribution in [1.29, 1.82) is 0 Å². The normalized spacial score (nSPS) is 10.9. The second-order valence-corrected chi connectivity index (χ2v) is 4.08. The molecule has 3 rings (SSSR count). The second kappa shape index (κ2) is 3.73. The van der Waals surface area contributed by atoms with E-state index in [-0.39, 0.29) is 11.5 Å². The first-order chi connectivity index (χ1) is 8.65. The number of phenolic OH excluding ortho intramolecular Hbond substituents is 2. The summed E-state index contributed by atoms with van der Waals surface area (Å²) in [5.41, 5.74) is 2.18. The van der Waals surface area contributed by atoms with Crippen molar-refractivity contribution in [2.45, 2.75) is 0 Å². The van der Waals surface area contributed by atoms with Crippen LogP contribution in [0.3, 0.4) is 0 Å². The minimum Gasteiger partial charge on any atom is -0.508 e. The van der Waals surface area contributed by atoms with Gasteiger partial charge in [0.05, 0.1) is 0 Å². The van der Waals surface area contributed by atoms with Crippen molar-refractivity contribution >= 4 is 11.2 Å². The van der Waals surface area contributed by atoms with Gasteiger partial charge >= 0.3 is 0 Å². The van der Waals surface area contributed by atoms with Crippen LogP contribution in [0.5, 0.6) is 11.5 Å². The maximum atomic E-state index is 9.51. The Morgan fingerprint density at radius 3 is 2.50 bits per heavy atom. The predicted octanol–water partition coefficient (Wildman–Crippen LogP) is 2.05. The number of hydrogen-bond donors (Lipinski definition) is 2. The summed E-state index contributed by atoms with van der Waals surface area (Å²) in [7, 11) is 1.85. The first kappa shape index (κ1) is 10.6. The predicted molar refractivity (Wildman–Crippen MR) is 67.3 cm³/mol. The Hall–Kier alpha value is -2.56. The molecule has 0 atom stereocenters. The van der Waals surface area contributed by atoms with Crippen LogP contribution in [0, 0.1) is 0 Å². The third-order valence-electron chi connectivity index (χ3n) is 2.79. The van der Waals surface area contributed by atoms with E-state index in [0.29, 0.717) is 11.4 Å². The van der Waals surface area contributed by atoms with Gasteiger partial charge in [0.15, 0.2) is 5.65 Å². The van der Waals surface area contributed by atoms with E-state index in [1.54, 1.807) is 18.3 Å². The molecule has 5 heteroatoms. The van der Waals surface area contributed by atoms with Gasteiger partial charge in [0.1, 0.15) is 22.8 Å². The van der Waals surface area contributed by atoms with E-state index in [9.17, 15) is 10.2 Å². The summed E-state index contributed by atoms with van der Waals surface area (Å²) in [6.45, 7) is 0. The molecule has 18 heavy (non-hydrogen) atoms. The van der Waals surface area contributed by atoms with Gasteiger partial charge in [-0.05, 0) is 24.3 Å². The maximum Gasteiger partial charge on any atom is 0.159 e. The zero-order valence-corrected chi connectivity index (χ0v) is 9.70. The molecule has 0 amide bonds. The molecule has 1 aromatic carbocycles. The van der Waals surface area contributed by atoms with Crippen LogP contribution in [0.1, 0.15) is 0 Å². The highest BCUT2D eigenvalue weighted by atomic mass is 16.3. The smallest absolute Gasteiger partial charge is 0.159 e. The standard InChI is InChI=1S/C13H11N3O2/c1-16-12(8-5-9(17)7-10(18)6-8)15-11-3-2-4-14-13(11)16/h2-7,17-18H,1H3. The maximum absolute atomic E-state index is 9.51. The van der Waals surface area contributed by atoms with Gasteiger partial charge in [-0.3, -0.25) is 0 Å². The highest BCUT2D eigenvalue weighted by Crippen LogP contribution is 2.29. The molecule has 0 aliphatic heterocycles. The van der Waals surface area contributed by atoms with Crippen LogP contribution in [0.25, 0.3) is 22.6 Å². The molecule has 0 saturated heterocycles. The molecule has 2 heterocycles. The van der Waals surface area contributed by atoms with Crippen LogP contribution in [-0.2, 0) is 7.05 Å². The fraction of sp³-hybridized carbons (Fsp3) is 0.0769. The Morgan fingerprint density at radius 1 is 1.11 bits per heavy atom. The average Bonchev–Trinajstić information content (AvgIpc) is 2.66. The summed E-state index contributed by atoms with van der Waals surface area (Å²) >= 11 is 0. The van der Waals surface area contributed by atoms with Crippen molar-refractivity contribution in [2.24, 2.45) is 7.05 Å². The van der Waals surface area contributed by atoms with Gasteiger partial charge in [0.25, 0.3) is 0 Å². The molecule has 0 fully saturated rings. The van der Waals surface area contributed by atoms with Crippen molar-refractivity contribution < 1.29 is 10.2 Å². The quantitative estimate of drug-likeness (QED) is 0.684. The minimum absolute atomic E-state index is 0.00464. The van der Waals surface area contributed by atoms with Gasteiger partial charge in [-0.2, -0.15) is 0 Å². The summed E-state index contributed by atoms with van der Waals surface area (Å²) in [4.78, 5) is 8.69. The first-order valence-electron chi connectivity index (χ1n) is 5.46. The number of benzene rings is 1. The van der Waals surface area contributed by atoms with Crippen molar-refractivity contribution in [3.8, 4) is 22.9 Å². The van der Waals surface area contributed by atoms with Crippen molar-refractivity contribution in [3.05, 3.63) is 36.5 Å². The lowest BCUT2D eigenvalue weighted by Gasteiger charge is -2.03. The zero-order valence-electron chi connectivity index (χ0n) is 9.70. The minimum atomic E-state index is 0.00464. The molecule has 0 unspecified atom stereocenters. The molecule has 0 aliphatic rings. The van der Waals surface area contributed by atoms with Crippen molar-refractivity contribution in [1.82, 2.24) is 14.5 Å². The molecule has 0 aliphatic carbocycles. The lowest BCUT2D eigenvalue weighted by atomic mass is 10.2. The number of aromatic hydroxyl groups is 2. The molecule has 2 aromatic heterocycles. The number of nitrogens with zero attached hydrogens (tertiary/aromatic N) is 3. The highest BCUT2D eigenvalue weighted by molar-refractivity contribution is 5.77. The number of rotatable bonds is 1. The summed E-state index contributed by atoms with van der Waals surface area (Å²) < 4.78 is 1.82. The van der Waals surface area contributed by atoms with Crippen LogP contribution < -0.4 is 0 Å². The van der Waals surface area contributed by atoms with Gasteiger partial charge in [0.2, 0.25) is 0 Å². The number of fused-ring (bicyclic) bond motifs is 1. The van der Waals surface area contributed by atoms with E-state index < -0.39 is 0 Å². The fourth-order valence-corrected chi connectivity index (χ4v) is 2.01. The molecule has 3 aromatic rings.